The van der Waals surface area contributed by atoms with E-state index in [2.05, 4.69) is 33.8 Å². The van der Waals surface area contributed by atoms with Crippen LogP contribution in [0.25, 0.3) is 0 Å². The first kappa shape index (κ1) is 21.2. The number of fused-ring (bicyclic) bond motifs is 5. The molecule has 0 aromatic heterocycles. The molecule has 5 aliphatic rings. The summed E-state index contributed by atoms with van der Waals surface area (Å²) in [6.07, 6.45) is 12.1. The first-order valence-corrected chi connectivity index (χ1v) is 12.6. The van der Waals surface area contributed by atoms with Crippen LogP contribution in [0, 0.1) is 34.5 Å². The average Bonchev–Trinajstić information content (AvgIpc) is 2.98. The largest absolute Gasteiger partial charge is 0.393 e. The molecule has 0 radical (unpaired) electrons. The van der Waals surface area contributed by atoms with E-state index in [0.29, 0.717) is 23.7 Å². The molecule has 0 aromatic rings. The molecule has 9 atom stereocenters. The van der Waals surface area contributed by atoms with Crippen molar-refractivity contribution in [1.29, 1.82) is 0 Å². The molecule has 9 unspecified atom stereocenters. The summed E-state index contributed by atoms with van der Waals surface area (Å²) in [5.41, 5.74) is 4.59. The maximum absolute atomic E-state index is 11.3. The predicted octanol–water partition coefficient (Wildman–Crippen LogP) is 5.41. The zero-order chi connectivity index (χ0) is 21.3. The third-order valence-electron chi connectivity index (χ3n) is 10.3. The van der Waals surface area contributed by atoms with E-state index in [-0.39, 0.29) is 29.1 Å². The Balaban J connectivity index is 1.45. The molecule has 1 saturated heterocycles. The summed E-state index contributed by atoms with van der Waals surface area (Å²) in [6.45, 7) is 10.3. The van der Waals surface area contributed by atoms with Gasteiger partial charge in [-0.2, -0.15) is 0 Å². The third-order valence-corrected chi connectivity index (χ3v) is 10.3. The highest BCUT2D eigenvalue weighted by Crippen LogP contribution is 2.66. The van der Waals surface area contributed by atoms with Gasteiger partial charge in [-0.25, -0.2) is 0 Å². The number of rotatable bonds is 1. The minimum atomic E-state index is -0.298. The summed E-state index contributed by atoms with van der Waals surface area (Å²) >= 11 is 0. The summed E-state index contributed by atoms with van der Waals surface area (Å²) < 4.78 is 6.24. The van der Waals surface area contributed by atoms with Gasteiger partial charge >= 0.3 is 0 Å². The highest BCUT2D eigenvalue weighted by molar-refractivity contribution is 5.35. The van der Waals surface area contributed by atoms with Crippen LogP contribution in [0.4, 0.5) is 0 Å². The number of hydrogen-bond acceptors (Lipinski definition) is 3. The summed E-state index contributed by atoms with van der Waals surface area (Å²) in [5.74, 6) is 2.60. The van der Waals surface area contributed by atoms with Crippen molar-refractivity contribution in [3.8, 4) is 0 Å². The molecule has 3 heteroatoms. The zero-order valence-corrected chi connectivity index (χ0v) is 19.5. The SMILES string of the molecule is C/C(=C1/C(O)CC2C3CC=C4CC(O)CCC4(C)C3CCC12C)C1CCC(C)CO1. The Morgan fingerprint density at radius 2 is 1.80 bits per heavy atom. The van der Waals surface area contributed by atoms with Crippen LogP contribution in [0.1, 0.15) is 85.5 Å². The molecule has 4 fully saturated rings. The Labute approximate surface area is 183 Å². The van der Waals surface area contributed by atoms with E-state index < -0.39 is 0 Å². The summed E-state index contributed by atoms with van der Waals surface area (Å²) in [5, 5.41) is 21.5. The van der Waals surface area contributed by atoms with E-state index >= 15 is 0 Å². The minimum absolute atomic E-state index is 0.118. The lowest BCUT2D eigenvalue weighted by Gasteiger charge is -2.57. The molecule has 4 aliphatic carbocycles. The van der Waals surface area contributed by atoms with Crippen LogP contribution < -0.4 is 0 Å². The van der Waals surface area contributed by atoms with Gasteiger partial charge in [-0.05, 0) is 110 Å². The normalized spacial score (nSPS) is 52.7. The van der Waals surface area contributed by atoms with Gasteiger partial charge < -0.3 is 14.9 Å². The van der Waals surface area contributed by atoms with Gasteiger partial charge in [-0.15, -0.1) is 0 Å². The van der Waals surface area contributed by atoms with Gasteiger partial charge in [0.05, 0.1) is 18.3 Å². The summed E-state index contributed by atoms with van der Waals surface area (Å²) in [6, 6.07) is 0. The van der Waals surface area contributed by atoms with E-state index in [1.165, 1.54) is 36.0 Å². The second-order valence-electron chi connectivity index (χ2n) is 12.0. The molecule has 0 amide bonds. The number of hydrogen-bond donors (Lipinski definition) is 2. The number of ether oxygens (including phenoxy) is 1. The molecule has 0 aromatic carbocycles. The highest BCUT2D eigenvalue weighted by Gasteiger charge is 2.59. The van der Waals surface area contributed by atoms with Crippen molar-refractivity contribution in [2.45, 2.75) is 104 Å². The van der Waals surface area contributed by atoms with Crippen molar-refractivity contribution in [2.24, 2.45) is 34.5 Å². The van der Waals surface area contributed by atoms with Gasteiger partial charge in [-0.3, -0.25) is 0 Å². The van der Waals surface area contributed by atoms with Crippen molar-refractivity contribution in [3.05, 3.63) is 22.8 Å². The fourth-order valence-corrected chi connectivity index (χ4v) is 8.58. The second-order valence-corrected chi connectivity index (χ2v) is 12.0. The lowest BCUT2D eigenvalue weighted by molar-refractivity contribution is -0.0290. The quantitative estimate of drug-likeness (QED) is 0.564. The van der Waals surface area contributed by atoms with E-state index in [9.17, 15) is 10.2 Å². The Hall–Kier alpha value is -0.640. The van der Waals surface area contributed by atoms with Crippen LogP contribution in [-0.2, 0) is 4.74 Å². The topological polar surface area (TPSA) is 49.7 Å². The second kappa shape index (κ2) is 7.46. The Morgan fingerprint density at radius 3 is 2.53 bits per heavy atom. The van der Waals surface area contributed by atoms with Gasteiger partial charge in [0, 0.05) is 6.61 Å². The first-order valence-electron chi connectivity index (χ1n) is 12.6. The average molecular weight is 415 g/mol. The zero-order valence-electron chi connectivity index (χ0n) is 19.5. The number of aliphatic hydroxyl groups excluding tert-OH is 2. The van der Waals surface area contributed by atoms with Crippen molar-refractivity contribution in [2.75, 3.05) is 6.61 Å². The molecule has 5 rings (SSSR count). The summed E-state index contributed by atoms with van der Waals surface area (Å²) in [7, 11) is 0. The van der Waals surface area contributed by atoms with Crippen molar-refractivity contribution in [3.63, 3.8) is 0 Å². The van der Waals surface area contributed by atoms with E-state index in [0.717, 1.165) is 45.1 Å². The third kappa shape index (κ3) is 3.10. The maximum atomic E-state index is 11.3. The molecule has 2 N–H and O–H groups in total. The van der Waals surface area contributed by atoms with Crippen LogP contribution in [0.5, 0.6) is 0 Å². The number of aliphatic hydroxyl groups is 2. The minimum Gasteiger partial charge on any atom is -0.393 e. The highest BCUT2D eigenvalue weighted by atomic mass is 16.5. The predicted molar refractivity (Wildman–Crippen MR) is 120 cm³/mol. The molecular weight excluding hydrogens is 372 g/mol. The van der Waals surface area contributed by atoms with Gasteiger partial charge in [0.25, 0.3) is 0 Å². The number of allylic oxidation sites excluding steroid dienone is 1. The van der Waals surface area contributed by atoms with Gasteiger partial charge in [0.15, 0.2) is 0 Å². The molecule has 30 heavy (non-hydrogen) atoms. The molecule has 168 valence electrons. The van der Waals surface area contributed by atoms with Crippen molar-refractivity contribution in [1.82, 2.24) is 0 Å². The smallest absolute Gasteiger partial charge is 0.0786 e. The lowest BCUT2D eigenvalue weighted by atomic mass is 9.47. The molecule has 3 saturated carbocycles. The lowest BCUT2D eigenvalue weighted by Crippen LogP contribution is -2.49. The van der Waals surface area contributed by atoms with Crippen molar-refractivity contribution >= 4 is 0 Å². The fourth-order valence-electron chi connectivity index (χ4n) is 8.58. The van der Waals surface area contributed by atoms with Crippen LogP contribution in [0.2, 0.25) is 0 Å². The maximum Gasteiger partial charge on any atom is 0.0786 e. The van der Waals surface area contributed by atoms with E-state index in [4.69, 9.17) is 4.74 Å². The molecule has 0 spiro atoms. The standard InChI is InChI=1S/C27H42O3/c1-16-5-8-24(30-15-16)17(2)25-23(29)14-22-20-7-6-18-13-19(28)9-11-26(18,3)21(20)10-12-27(22,25)4/h6,16,19-24,28-29H,5,7-15H2,1-4H3/b25-17+. The monoisotopic (exact) mass is 414 g/mol. The van der Waals surface area contributed by atoms with E-state index in [1.807, 2.05) is 0 Å². The molecule has 0 bridgehead atoms. The van der Waals surface area contributed by atoms with E-state index in [1.54, 1.807) is 0 Å². The van der Waals surface area contributed by atoms with Gasteiger partial charge in [-0.1, -0.05) is 32.4 Å². The van der Waals surface area contributed by atoms with Crippen molar-refractivity contribution < 1.29 is 14.9 Å². The van der Waals surface area contributed by atoms with Gasteiger partial charge in [0.2, 0.25) is 0 Å². The molecule has 1 heterocycles. The fraction of sp³-hybridized carbons (Fsp3) is 0.852. The van der Waals surface area contributed by atoms with Crippen LogP contribution in [0.3, 0.4) is 0 Å². The van der Waals surface area contributed by atoms with Gasteiger partial charge in [0.1, 0.15) is 0 Å². The first-order chi connectivity index (χ1) is 14.2. The Kier molecular flexibility index (Phi) is 5.27. The molecule has 1 aliphatic heterocycles. The molecular formula is C27H42O3. The Morgan fingerprint density at radius 1 is 1.03 bits per heavy atom. The Bertz CT molecular complexity index is 745. The van der Waals surface area contributed by atoms with Crippen LogP contribution >= 0.6 is 0 Å². The molecule has 3 nitrogen and oxygen atoms in total. The van der Waals surface area contributed by atoms with Crippen LogP contribution in [0.15, 0.2) is 22.8 Å². The summed E-state index contributed by atoms with van der Waals surface area (Å²) in [4.78, 5) is 0. The van der Waals surface area contributed by atoms with Crippen LogP contribution in [-0.4, -0.2) is 35.1 Å².